The second kappa shape index (κ2) is 7.28. The van der Waals surface area contributed by atoms with Gasteiger partial charge in [0.1, 0.15) is 17.2 Å². The Bertz CT molecular complexity index is 665. The quantitative estimate of drug-likeness (QED) is 0.630. The largest absolute Gasteiger partial charge is 0.761 e. The number of hydrazone groups is 1. The zero-order chi connectivity index (χ0) is 15.9. The zero-order valence-electron chi connectivity index (χ0n) is 12.3. The number of hydrogen-bond donors (Lipinski definition) is 2. The zero-order valence-corrected chi connectivity index (χ0v) is 12.3. The molecule has 0 atom stereocenters. The van der Waals surface area contributed by atoms with Crippen LogP contribution in [0.1, 0.15) is 18.2 Å². The normalized spacial score (nSPS) is 11.1. The Balaban J connectivity index is 1.89. The molecule has 7 heteroatoms. The summed E-state index contributed by atoms with van der Waals surface area (Å²) < 4.78 is 10.4. The van der Waals surface area contributed by atoms with Crippen LogP contribution < -0.4 is 15.6 Å². The molecule has 0 bridgehead atoms. The van der Waals surface area contributed by atoms with Crippen LogP contribution in [0.3, 0.4) is 0 Å². The third-order valence-corrected chi connectivity index (χ3v) is 2.83. The molecule has 2 aromatic rings. The van der Waals surface area contributed by atoms with Crippen molar-refractivity contribution in [2.45, 2.75) is 13.8 Å². The van der Waals surface area contributed by atoms with Crippen molar-refractivity contribution < 1.29 is 13.9 Å². The number of nitrogens with one attached hydrogen (secondary N) is 2. The van der Waals surface area contributed by atoms with Gasteiger partial charge in [-0.3, -0.25) is 4.79 Å². The first-order valence-electron chi connectivity index (χ1n) is 6.59. The smallest absolute Gasteiger partial charge is 0.277 e. The number of aryl methyl sites for hydroxylation is 1. The molecule has 0 radical (unpaired) electrons. The third kappa shape index (κ3) is 4.10. The predicted molar refractivity (Wildman–Crippen MR) is 82.7 cm³/mol. The molecule has 0 fully saturated rings. The first-order chi connectivity index (χ1) is 10.6. The molecule has 2 N–H and O–H groups in total. The highest BCUT2D eigenvalue weighted by molar-refractivity contribution is 5.96. The van der Waals surface area contributed by atoms with Gasteiger partial charge in [-0.15, -0.1) is 0 Å². The monoisotopic (exact) mass is 302 g/mol. The number of nitrogens with zero attached hydrogens (tertiary/aromatic N) is 1. The number of ether oxygens (including phenoxy) is 1. The van der Waals surface area contributed by atoms with Gasteiger partial charge in [0.25, 0.3) is 5.91 Å². The molecular formula is C15H16N3O4-. The maximum absolute atomic E-state index is 11.7. The van der Waals surface area contributed by atoms with Gasteiger partial charge >= 0.3 is 0 Å². The molecule has 1 amide bonds. The van der Waals surface area contributed by atoms with Crippen molar-refractivity contribution in [3.05, 3.63) is 53.1 Å². The minimum atomic E-state index is -0.441. The first kappa shape index (κ1) is 15.6. The minimum absolute atomic E-state index is 0.257. The Morgan fingerprint density at radius 2 is 2.23 bits per heavy atom. The van der Waals surface area contributed by atoms with Gasteiger partial charge in [0, 0.05) is 0 Å². The van der Waals surface area contributed by atoms with Crippen molar-refractivity contribution in [3.8, 4) is 5.75 Å². The lowest BCUT2D eigenvalue weighted by atomic mass is 10.2. The van der Waals surface area contributed by atoms with Gasteiger partial charge in [-0.2, -0.15) is 5.10 Å². The first-order valence-corrected chi connectivity index (χ1v) is 6.59. The summed E-state index contributed by atoms with van der Waals surface area (Å²) in [5.74, 6) is 0.434. The molecule has 1 aromatic heterocycles. The number of amides is 1. The van der Waals surface area contributed by atoms with E-state index in [-0.39, 0.29) is 12.3 Å². The van der Waals surface area contributed by atoms with E-state index >= 15 is 0 Å². The van der Waals surface area contributed by atoms with E-state index in [1.807, 2.05) is 6.92 Å². The molecule has 7 nitrogen and oxygen atoms in total. The number of furan rings is 1. The maximum Gasteiger partial charge on any atom is 0.277 e. The van der Waals surface area contributed by atoms with E-state index in [9.17, 15) is 10.0 Å². The standard InChI is InChI=1S/C15H16N3O4/c1-10-5-6-14(12(8-10)18-20)22-9-15(19)17-16-11(2)13-4-3-7-21-13/h3-8,18H,9H2,1-2H3,(H,17,19)/q-1/b16-11+. The average molecular weight is 302 g/mol. The van der Waals surface area contributed by atoms with Crippen LogP contribution in [-0.2, 0) is 4.79 Å². The van der Waals surface area contributed by atoms with Crippen LogP contribution >= 0.6 is 0 Å². The van der Waals surface area contributed by atoms with Crippen LogP contribution in [0.2, 0.25) is 0 Å². The number of hydrogen-bond acceptors (Lipinski definition) is 6. The van der Waals surface area contributed by atoms with E-state index in [2.05, 4.69) is 10.5 Å². The van der Waals surface area contributed by atoms with Crippen LogP contribution in [-0.4, -0.2) is 18.2 Å². The Hall–Kier alpha value is -2.80. The minimum Gasteiger partial charge on any atom is -0.761 e. The topological polar surface area (TPSA) is 98.9 Å². The molecule has 0 aliphatic heterocycles. The predicted octanol–water partition coefficient (Wildman–Crippen LogP) is 2.42. The van der Waals surface area contributed by atoms with Gasteiger partial charge < -0.3 is 19.8 Å². The Morgan fingerprint density at radius 1 is 1.41 bits per heavy atom. The summed E-state index contributed by atoms with van der Waals surface area (Å²) in [5, 5.41) is 14.7. The van der Waals surface area contributed by atoms with E-state index in [1.54, 1.807) is 42.7 Å². The average Bonchev–Trinajstić information content (AvgIpc) is 3.05. The molecule has 0 saturated heterocycles. The van der Waals surface area contributed by atoms with Crippen molar-refractivity contribution in [1.29, 1.82) is 0 Å². The molecule has 0 aliphatic carbocycles. The SMILES string of the molecule is C/C(=N\NC(=O)COc1ccc(C)cc1N[O-])c1ccco1. The molecule has 0 unspecified atom stereocenters. The summed E-state index contributed by atoms with van der Waals surface area (Å²) in [6.45, 7) is 3.30. The third-order valence-electron chi connectivity index (χ3n) is 2.83. The second-order valence-electron chi connectivity index (χ2n) is 4.60. The summed E-state index contributed by atoms with van der Waals surface area (Å²) >= 11 is 0. The number of rotatable bonds is 6. The van der Waals surface area contributed by atoms with Crippen molar-refractivity contribution in [2.24, 2.45) is 5.10 Å². The van der Waals surface area contributed by atoms with Gasteiger partial charge in [0.15, 0.2) is 6.61 Å². The van der Waals surface area contributed by atoms with Crippen molar-refractivity contribution in [2.75, 3.05) is 12.1 Å². The molecule has 0 spiro atoms. The van der Waals surface area contributed by atoms with Gasteiger partial charge in [-0.25, -0.2) is 5.43 Å². The lowest BCUT2D eigenvalue weighted by Gasteiger charge is -2.15. The molecule has 0 saturated carbocycles. The van der Waals surface area contributed by atoms with Crippen LogP contribution in [0.4, 0.5) is 5.69 Å². The summed E-state index contributed by atoms with van der Waals surface area (Å²) in [6, 6.07) is 8.51. The summed E-state index contributed by atoms with van der Waals surface area (Å²) in [7, 11) is 0. The number of carbonyl (C=O) groups is 1. The van der Waals surface area contributed by atoms with Gasteiger partial charge in [-0.1, -0.05) is 6.07 Å². The highest BCUT2D eigenvalue weighted by atomic mass is 16.5. The molecule has 1 aromatic carbocycles. The van der Waals surface area contributed by atoms with Crippen molar-refractivity contribution in [1.82, 2.24) is 5.43 Å². The number of anilines is 1. The van der Waals surface area contributed by atoms with Gasteiger partial charge in [-0.05, 0) is 43.7 Å². The van der Waals surface area contributed by atoms with Crippen molar-refractivity contribution in [3.63, 3.8) is 0 Å². The fraction of sp³-hybridized carbons (Fsp3) is 0.200. The van der Waals surface area contributed by atoms with Gasteiger partial charge in [0.2, 0.25) is 0 Å². The van der Waals surface area contributed by atoms with E-state index in [0.29, 0.717) is 17.2 Å². The molecule has 1 heterocycles. The Kier molecular flexibility index (Phi) is 5.16. The lowest BCUT2D eigenvalue weighted by Crippen LogP contribution is -2.25. The van der Waals surface area contributed by atoms with Crippen LogP contribution in [0.5, 0.6) is 5.75 Å². The highest BCUT2D eigenvalue weighted by Crippen LogP contribution is 2.25. The van der Waals surface area contributed by atoms with E-state index in [1.165, 1.54) is 6.26 Å². The number of benzene rings is 1. The van der Waals surface area contributed by atoms with Gasteiger partial charge in [0.05, 0.1) is 12.0 Å². The van der Waals surface area contributed by atoms with Crippen molar-refractivity contribution >= 4 is 17.3 Å². The summed E-state index contributed by atoms with van der Waals surface area (Å²) in [6.07, 6.45) is 1.52. The van der Waals surface area contributed by atoms with E-state index in [4.69, 9.17) is 9.15 Å². The fourth-order valence-electron chi connectivity index (χ4n) is 1.71. The molecule has 116 valence electrons. The fourth-order valence-corrected chi connectivity index (χ4v) is 1.71. The summed E-state index contributed by atoms with van der Waals surface area (Å²) in [4.78, 5) is 11.7. The number of carbonyl (C=O) groups excluding carboxylic acids is 1. The highest BCUT2D eigenvalue weighted by Gasteiger charge is 2.06. The van der Waals surface area contributed by atoms with Crippen LogP contribution in [0, 0.1) is 12.1 Å². The molecule has 22 heavy (non-hydrogen) atoms. The molecular weight excluding hydrogens is 286 g/mol. The second-order valence-corrected chi connectivity index (χ2v) is 4.60. The Morgan fingerprint density at radius 3 is 2.91 bits per heavy atom. The molecule has 0 aliphatic rings. The summed E-state index contributed by atoms with van der Waals surface area (Å²) in [5.41, 5.74) is 5.87. The lowest BCUT2D eigenvalue weighted by molar-refractivity contribution is -0.123. The molecule has 2 rings (SSSR count). The Labute approximate surface area is 127 Å². The van der Waals surface area contributed by atoms with Crippen LogP contribution in [0.15, 0.2) is 46.1 Å². The van der Waals surface area contributed by atoms with Crippen LogP contribution in [0.25, 0.3) is 0 Å². The maximum atomic E-state index is 11.7. The van der Waals surface area contributed by atoms with E-state index < -0.39 is 5.91 Å². The van der Waals surface area contributed by atoms with E-state index in [0.717, 1.165) is 5.56 Å².